The molecule has 1 aromatic carbocycles. The third kappa shape index (κ3) is 4.03. The van der Waals surface area contributed by atoms with E-state index in [2.05, 4.69) is 19.2 Å². The Hall–Kier alpha value is -1.00. The van der Waals surface area contributed by atoms with E-state index < -0.39 is 5.82 Å². The van der Waals surface area contributed by atoms with Crippen LogP contribution in [0.3, 0.4) is 0 Å². The van der Waals surface area contributed by atoms with Crippen molar-refractivity contribution in [3.8, 4) is 0 Å². The Balaban J connectivity index is 2.83. The van der Waals surface area contributed by atoms with E-state index in [1.54, 1.807) is 0 Å². The van der Waals surface area contributed by atoms with E-state index in [1.165, 1.54) is 12.1 Å². The van der Waals surface area contributed by atoms with Gasteiger partial charge in [0.15, 0.2) is 0 Å². The smallest absolute Gasteiger partial charge is 0.143 e. The zero-order valence-corrected chi connectivity index (χ0v) is 11.7. The minimum atomic E-state index is -0.479. The summed E-state index contributed by atoms with van der Waals surface area (Å²) in [4.78, 5) is 0. The van der Waals surface area contributed by atoms with E-state index in [0.29, 0.717) is 30.5 Å². The Labute approximate surface area is 112 Å². The van der Waals surface area contributed by atoms with Crippen molar-refractivity contribution in [1.29, 1.82) is 0 Å². The molecule has 0 saturated carbocycles. The maximum absolute atomic E-state index is 13.4. The van der Waals surface area contributed by atoms with Gasteiger partial charge in [0.1, 0.15) is 5.82 Å². The molecule has 0 aliphatic carbocycles. The van der Waals surface area contributed by atoms with Crippen LogP contribution in [0.1, 0.15) is 20.8 Å². The van der Waals surface area contributed by atoms with Crippen LogP contribution in [-0.2, 0) is 4.74 Å². The van der Waals surface area contributed by atoms with Gasteiger partial charge in [-0.3, -0.25) is 0 Å². The zero-order valence-electron chi connectivity index (χ0n) is 11.0. The maximum Gasteiger partial charge on any atom is 0.143 e. The number of nitrogen functional groups attached to an aromatic ring is 1. The fourth-order valence-electron chi connectivity index (χ4n) is 1.53. The molecule has 5 heteroatoms. The Morgan fingerprint density at radius 2 is 2.11 bits per heavy atom. The molecule has 0 heterocycles. The van der Waals surface area contributed by atoms with Crippen LogP contribution in [0.5, 0.6) is 0 Å². The second-order valence-corrected chi connectivity index (χ2v) is 4.92. The molecule has 102 valence electrons. The van der Waals surface area contributed by atoms with Gasteiger partial charge in [0.05, 0.1) is 29.0 Å². The molecular formula is C13H20ClFN2O. The van der Waals surface area contributed by atoms with Crippen LogP contribution in [0.4, 0.5) is 15.8 Å². The molecule has 3 nitrogen and oxygen atoms in total. The topological polar surface area (TPSA) is 47.3 Å². The van der Waals surface area contributed by atoms with Crippen molar-refractivity contribution in [1.82, 2.24) is 0 Å². The van der Waals surface area contributed by atoms with Crippen LogP contribution < -0.4 is 11.1 Å². The first kappa shape index (κ1) is 15.1. The zero-order chi connectivity index (χ0) is 13.7. The SMILES string of the molecule is CCOCC(Nc1cc(F)c(Cl)cc1N)C(C)C. The van der Waals surface area contributed by atoms with Crippen molar-refractivity contribution in [3.05, 3.63) is 23.0 Å². The normalized spacial score (nSPS) is 12.8. The lowest BCUT2D eigenvalue weighted by atomic mass is 10.0. The molecule has 3 N–H and O–H groups in total. The number of hydrogen-bond acceptors (Lipinski definition) is 3. The third-order valence-electron chi connectivity index (χ3n) is 2.74. The Morgan fingerprint density at radius 3 is 2.67 bits per heavy atom. The summed E-state index contributed by atoms with van der Waals surface area (Å²) in [6.07, 6.45) is 0. The molecule has 0 saturated heterocycles. The Morgan fingerprint density at radius 1 is 1.44 bits per heavy atom. The average molecular weight is 275 g/mol. The lowest BCUT2D eigenvalue weighted by Gasteiger charge is -2.24. The summed E-state index contributed by atoms with van der Waals surface area (Å²) in [6, 6.07) is 2.81. The maximum atomic E-state index is 13.4. The fraction of sp³-hybridized carbons (Fsp3) is 0.538. The average Bonchev–Trinajstić information content (AvgIpc) is 2.30. The summed E-state index contributed by atoms with van der Waals surface area (Å²) < 4.78 is 18.8. The molecule has 1 aromatic rings. The molecule has 0 aromatic heterocycles. The van der Waals surface area contributed by atoms with Crippen LogP contribution in [0, 0.1) is 11.7 Å². The first-order valence-electron chi connectivity index (χ1n) is 6.04. The number of halogens is 2. The lowest BCUT2D eigenvalue weighted by Crippen LogP contribution is -2.31. The van der Waals surface area contributed by atoms with E-state index in [1.807, 2.05) is 6.92 Å². The molecule has 1 atom stereocenters. The van der Waals surface area contributed by atoms with E-state index in [-0.39, 0.29) is 11.1 Å². The van der Waals surface area contributed by atoms with Crippen molar-refractivity contribution in [2.45, 2.75) is 26.8 Å². The van der Waals surface area contributed by atoms with Gasteiger partial charge >= 0.3 is 0 Å². The van der Waals surface area contributed by atoms with Crippen LogP contribution >= 0.6 is 11.6 Å². The highest BCUT2D eigenvalue weighted by Gasteiger charge is 2.15. The summed E-state index contributed by atoms with van der Waals surface area (Å²) in [5, 5.41) is 3.23. The fourth-order valence-corrected chi connectivity index (χ4v) is 1.70. The third-order valence-corrected chi connectivity index (χ3v) is 3.03. The van der Waals surface area contributed by atoms with Gasteiger partial charge in [0, 0.05) is 12.7 Å². The molecule has 0 radical (unpaired) electrons. The van der Waals surface area contributed by atoms with Crippen LogP contribution in [0.15, 0.2) is 12.1 Å². The van der Waals surface area contributed by atoms with Crippen molar-refractivity contribution < 1.29 is 9.13 Å². The molecule has 1 unspecified atom stereocenters. The molecular weight excluding hydrogens is 255 g/mol. The predicted molar refractivity (Wildman–Crippen MR) is 74.6 cm³/mol. The molecule has 0 spiro atoms. The highest BCUT2D eigenvalue weighted by molar-refractivity contribution is 6.31. The number of nitrogens with one attached hydrogen (secondary N) is 1. The number of hydrogen-bond donors (Lipinski definition) is 2. The predicted octanol–water partition coefficient (Wildman–Crippen LogP) is 3.53. The highest BCUT2D eigenvalue weighted by Crippen LogP contribution is 2.27. The summed E-state index contributed by atoms with van der Waals surface area (Å²) in [5.41, 5.74) is 6.80. The van der Waals surface area contributed by atoms with Gasteiger partial charge in [-0.2, -0.15) is 0 Å². The van der Waals surface area contributed by atoms with Crippen LogP contribution in [0.2, 0.25) is 5.02 Å². The van der Waals surface area contributed by atoms with Gasteiger partial charge in [0.2, 0.25) is 0 Å². The first-order chi connectivity index (χ1) is 8.45. The van der Waals surface area contributed by atoms with Gasteiger partial charge in [-0.25, -0.2) is 4.39 Å². The van der Waals surface area contributed by atoms with E-state index in [0.717, 1.165) is 0 Å². The highest BCUT2D eigenvalue weighted by atomic mass is 35.5. The minimum Gasteiger partial charge on any atom is -0.397 e. The minimum absolute atomic E-state index is 0.0314. The number of ether oxygens (including phenoxy) is 1. The summed E-state index contributed by atoms with van der Waals surface area (Å²) >= 11 is 5.66. The number of rotatable bonds is 6. The molecule has 18 heavy (non-hydrogen) atoms. The molecule has 0 fully saturated rings. The molecule has 1 rings (SSSR count). The van der Waals surface area contributed by atoms with Crippen molar-refractivity contribution in [3.63, 3.8) is 0 Å². The van der Waals surface area contributed by atoms with Crippen LogP contribution in [-0.4, -0.2) is 19.3 Å². The number of anilines is 2. The van der Waals surface area contributed by atoms with Gasteiger partial charge < -0.3 is 15.8 Å². The van der Waals surface area contributed by atoms with Crippen LogP contribution in [0.25, 0.3) is 0 Å². The van der Waals surface area contributed by atoms with Crippen molar-refractivity contribution >= 4 is 23.0 Å². The second-order valence-electron chi connectivity index (χ2n) is 4.51. The van der Waals surface area contributed by atoms with Gasteiger partial charge in [-0.15, -0.1) is 0 Å². The van der Waals surface area contributed by atoms with E-state index >= 15 is 0 Å². The van der Waals surface area contributed by atoms with Crippen molar-refractivity contribution in [2.24, 2.45) is 5.92 Å². The van der Waals surface area contributed by atoms with Gasteiger partial charge in [-0.1, -0.05) is 25.4 Å². The van der Waals surface area contributed by atoms with Crippen molar-refractivity contribution in [2.75, 3.05) is 24.3 Å². The van der Waals surface area contributed by atoms with Gasteiger partial charge in [-0.05, 0) is 18.9 Å². The van der Waals surface area contributed by atoms with E-state index in [4.69, 9.17) is 22.1 Å². The first-order valence-corrected chi connectivity index (χ1v) is 6.42. The Kier molecular flexibility index (Phi) is 5.69. The molecule has 0 aliphatic rings. The molecule has 0 bridgehead atoms. The Bertz CT molecular complexity index is 399. The quantitative estimate of drug-likeness (QED) is 0.780. The summed E-state index contributed by atoms with van der Waals surface area (Å²) in [5.74, 6) is -0.137. The number of benzene rings is 1. The van der Waals surface area contributed by atoms with E-state index in [9.17, 15) is 4.39 Å². The van der Waals surface area contributed by atoms with Gasteiger partial charge in [0.25, 0.3) is 0 Å². The lowest BCUT2D eigenvalue weighted by molar-refractivity contribution is 0.127. The largest absolute Gasteiger partial charge is 0.397 e. The summed E-state index contributed by atoms with van der Waals surface area (Å²) in [7, 11) is 0. The standard InChI is InChI=1S/C13H20ClFN2O/c1-4-18-7-13(8(2)3)17-12-6-10(15)9(14)5-11(12)16/h5-6,8,13,17H,4,7,16H2,1-3H3. The monoisotopic (exact) mass is 274 g/mol. The molecule has 0 amide bonds. The second kappa shape index (κ2) is 6.81. The summed E-state index contributed by atoms with van der Waals surface area (Å²) in [6.45, 7) is 7.28. The number of nitrogens with two attached hydrogens (primary N) is 1. The molecule has 0 aliphatic heterocycles.